The molecule has 7 heteroatoms. The molecule has 0 aromatic heterocycles. The molecule has 1 heterocycles. The highest BCUT2D eigenvalue weighted by molar-refractivity contribution is 6.21. The van der Waals surface area contributed by atoms with Crippen molar-refractivity contribution in [2.24, 2.45) is 0 Å². The molecule has 0 aromatic carbocycles. The first-order chi connectivity index (χ1) is 8.30. The monoisotopic (exact) mass is 286 g/mol. The summed E-state index contributed by atoms with van der Waals surface area (Å²) < 4.78 is 38.4. The second-order valence-corrected chi connectivity index (χ2v) is 5.24. The molecule has 0 amide bonds. The number of halogens is 3. The van der Waals surface area contributed by atoms with Gasteiger partial charge in [0, 0.05) is 27.3 Å². The second-order valence-electron chi connectivity index (χ2n) is 4.83. The van der Waals surface area contributed by atoms with E-state index in [-0.39, 0.29) is 26.3 Å². The molecular formula is C11H21ClF2N2O2. The molecule has 1 rings (SSSR count). The molecule has 18 heavy (non-hydrogen) atoms. The summed E-state index contributed by atoms with van der Waals surface area (Å²) in [6.45, 7) is 4.09. The number of methoxy groups -OCH3 is 2. The van der Waals surface area contributed by atoms with Crippen LogP contribution in [0.2, 0.25) is 0 Å². The number of alkyl halides is 3. The van der Waals surface area contributed by atoms with Crippen LogP contribution >= 0.6 is 11.6 Å². The molecule has 1 unspecified atom stereocenters. The van der Waals surface area contributed by atoms with Crippen LogP contribution < -0.4 is 0 Å². The molecule has 1 atom stereocenters. The molecule has 0 aliphatic carbocycles. The zero-order valence-electron chi connectivity index (χ0n) is 11.3. The van der Waals surface area contributed by atoms with Crippen LogP contribution in [0.3, 0.4) is 0 Å². The highest BCUT2D eigenvalue weighted by Gasteiger charge is 2.62. The summed E-state index contributed by atoms with van der Waals surface area (Å²) in [4.78, 5) is 2.05. The molecule has 1 aliphatic rings. The molecular weight excluding hydrogens is 266 g/mol. The zero-order chi connectivity index (χ0) is 14.0. The summed E-state index contributed by atoms with van der Waals surface area (Å²) in [5.74, 6) is 0. The van der Waals surface area contributed by atoms with Crippen molar-refractivity contribution < 1.29 is 18.3 Å². The van der Waals surface area contributed by atoms with Gasteiger partial charge < -0.3 is 9.47 Å². The maximum atomic E-state index is 14.3. The Morgan fingerprint density at radius 2 is 1.61 bits per heavy atom. The Bertz CT molecular complexity index is 280. The van der Waals surface area contributed by atoms with Crippen LogP contribution in [0, 0.1) is 0 Å². The van der Waals surface area contributed by atoms with Gasteiger partial charge in [-0.3, -0.25) is 0 Å². The molecule has 0 N–H and O–H groups in total. The van der Waals surface area contributed by atoms with Crippen LogP contribution in [0.4, 0.5) is 8.78 Å². The summed E-state index contributed by atoms with van der Waals surface area (Å²) in [5.41, 5.74) is -1.61. The van der Waals surface area contributed by atoms with Crippen molar-refractivity contribution in [1.82, 2.24) is 9.80 Å². The molecule has 108 valence electrons. The third-order valence-corrected chi connectivity index (χ3v) is 4.05. The van der Waals surface area contributed by atoms with Gasteiger partial charge in [0.05, 0.1) is 18.8 Å². The Labute approximate surface area is 112 Å². The van der Waals surface area contributed by atoms with Gasteiger partial charge in [-0.15, -0.1) is 11.6 Å². The van der Waals surface area contributed by atoms with E-state index < -0.39 is 17.2 Å². The van der Waals surface area contributed by atoms with Crippen molar-refractivity contribution in [1.29, 1.82) is 0 Å². The first kappa shape index (κ1) is 16.0. The lowest BCUT2D eigenvalue weighted by atomic mass is 10.1. The maximum absolute atomic E-state index is 14.3. The molecule has 0 spiro atoms. The minimum atomic E-state index is -3.09. The van der Waals surface area contributed by atoms with Gasteiger partial charge in [-0.1, -0.05) is 0 Å². The molecule has 1 saturated heterocycles. The Balaban J connectivity index is 2.89. The molecule has 4 nitrogen and oxygen atoms in total. The van der Waals surface area contributed by atoms with Crippen molar-refractivity contribution in [3.05, 3.63) is 0 Å². The lowest BCUT2D eigenvalue weighted by Crippen LogP contribution is -2.51. The minimum absolute atomic E-state index is 0.0879. The predicted octanol–water partition coefficient (Wildman–Crippen LogP) is 1.79. The van der Waals surface area contributed by atoms with Crippen LogP contribution in [0.25, 0.3) is 0 Å². The van der Waals surface area contributed by atoms with Crippen LogP contribution in [0.15, 0.2) is 0 Å². The average Bonchev–Trinajstić information content (AvgIpc) is 2.40. The van der Waals surface area contributed by atoms with E-state index in [9.17, 15) is 8.78 Å². The van der Waals surface area contributed by atoms with Crippen LogP contribution in [-0.2, 0) is 9.47 Å². The van der Waals surface area contributed by atoms with Gasteiger partial charge in [0.2, 0.25) is 0 Å². The first-order valence-corrected chi connectivity index (χ1v) is 6.28. The smallest absolute Gasteiger partial charge is 0.371 e. The fourth-order valence-electron chi connectivity index (χ4n) is 2.19. The normalized spacial score (nSPS) is 27.8. The SMILES string of the molecule is COCCN1C(Cl)C(C)(C)N(CCOC)C1(F)F. The number of ether oxygens (including phenoxy) is 2. The van der Waals surface area contributed by atoms with E-state index >= 15 is 0 Å². The Kier molecular flexibility index (Phi) is 5.32. The van der Waals surface area contributed by atoms with Crippen LogP contribution in [0.1, 0.15) is 13.8 Å². The van der Waals surface area contributed by atoms with Gasteiger partial charge in [0.25, 0.3) is 0 Å². The summed E-state index contributed by atoms with van der Waals surface area (Å²) in [6.07, 6.45) is -3.09. The van der Waals surface area contributed by atoms with Gasteiger partial charge in [-0.25, -0.2) is 9.80 Å². The van der Waals surface area contributed by atoms with Gasteiger partial charge in [-0.2, -0.15) is 8.78 Å². The van der Waals surface area contributed by atoms with Crippen LogP contribution in [-0.4, -0.2) is 67.5 Å². The zero-order valence-corrected chi connectivity index (χ0v) is 12.0. The van der Waals surface area contributed by atoms with Crippen molar-refractivity contribution in [3.8, 4) is 0 Å². The second kappa shape index (κ2) is 5.96. The summed E-state index contributed by atoms with van der Waals surface area (Å²) in [5, 5.41) is 0. The number of hydrogen-bond donors (Lipinski definition) is 0. The van der Waals surface area contributed by atoms with E-state index in [1.807, 2.05) is 0 Å². The third-order valence-electron chi connectivity index (χ3n) is 3.28. The number of nitrogens with zero attached hydrogens (tertiary/aromatic N) is 2. The Morgan fingerprint density at radius 1 is 1.11 bits per heavy atom. The Hall–Kier alpha value is -0.0100. The van der Waals surface area contributed by atoms with E-state index in [1.165, 1.54) is 14.2 Å². The van der Waals surface area contributed by atoms with E-state index in [2.05, 4.69) is 0 Å². The topological polar surface area (TPSA) is 24.9 Å². The molecule has 0 bridgehead atoms. The first-order valence-electron chi connectivity index (χ1n) is 5.84. The molecule has 1 fully saturated rings. The number of hydrogen-bond acceptors (Lipinski definition) is 4. The molecule has 0 saturated carbocycles. The minimum Gasteiger partial charge on any atom is -0.383 e. The highest BCUT2D eigenvalue weighted by atomic mass is 35.5. The molecule has 0 aromatic rings. The lowest BCUT2D eigenvalue weighted by molar-refractivity contribution is -0.226. The van der Waals surface area contributed by atoms with Gasteiger partial charge in [-0.05, 0) is 13.8 Å². The maximum Gasteiger partial charge on any atom is 0.371 e. The van der Waals surface area contributed by atoms with Crippen LogP contribution in [0.5, 0.6) is 0 Å². The standard InChI is InChI=1S/C11H21ClF2N2O2/c1-10(2)9(12)15(5-7-17-3)11(13,14)16(10)6-8-18-4/h9H,5-8H2,1-4H3. The quantitative estimate of drug-likeness (QED) is 0.549. The fraction of sp³-hybridized carbons (Fsp3) is 1.00. The predicted molar refractivity (Wildman–Crippen MR) is 65.8 cm³/mol. The van der Waals surface area contributed by atoms with Crippen molar-refractivity contribution in [2.75, 3.05) is 40.5 Å². The van der Waals surface area contributed by atoms with Crippen molar-refractivity contribution in [3.63, 3.8) is 0 Å². The average molecular weight is 287 g/mol. The largest absolute Gasteiger partial charge is 0.383 e. The highest BCUT2D eigenvalue weighted by Crippen LogP contribution is 2.45. The lowest BCUT2D eigenvalue weighted by Gasteiger charge is -2.34. The summed E-state index contributed by atoms with van der Waals surface area (Å²) in [6, 6.07) is 0. The summed E-state index contributed by atoms with van der Waals surface area (Å²) in [7, 11) is 2.97. The molecule has 1 aliphatic heterocycles. The van der Waals surface area contributed by atoms with E-state index in [0.717, 1.165) is 9.80 Å². The fourth-order valence-corrected chi connectivity index (χ4v) is 2.52. The van der Waals surface area contributed by atoms with Crippen molar-refractivity contribution >= 4 is 11.6 Å². The summed E-state index contributed by atoms with van der Waals surface area (Å²) >= 11 is 6.17. The molecule has 0 radical (unpaired) electrons. The van der Waals surface area contributed by atoms with Gasteiger partial charge in [0.15, 0.2) is 0 Å². The van der Waals surface area contributed by atoms with E-state index in [4.69, 9.17) is 21.1 Å². The van der Waals surface area contributed by atoms with Crippen molar-refractivity contribution in [2.45, 2.75) is 31.1 Å². The van der Waals surface area contributed by atoms with Gasteiger partial charge in [0.1, 0.15) is 5.50 Å². The van der Waals surface area contributed by atoms with Gasteiger partial charge >= 0.3 is 6.17 Å². The Morgan fingerprint density at radius 3 is 2.11 bits per heavy atom. The number of rotatable bonds is 6. The third kappa shape index (κ3) is 2.77. The van der Waals surface area contributed by atoms with E-state index in [1.54, 1.807) is 13.8 Å². The van der Waals surface area contributed by atoms with E-state index in [0.29, 0.717) is 0 Å².